The van der Waals surface area contributed by atoms with Crippen LogP contribution in [0, 0.1) is 0 Å². The molecule has 26 heavy (non-hydrogen) atoms. The number of hydrogen-bond donors (Lipinski definition) is 1. The van der Waals surface area contributed by atoms with Gasteiger partial charge in [0.2, 0.25) is 0 Å². The first-order valence-electron chi connectivity index (χ1n) is 7.96. The molecule has 9 nitrogen and oxygen atoms in total. The fraction of sp³-hybridized carbons (Fsp3) is 0.400. The highest BCUT2D eigenvalue weighted by molar-refractivity contribution is 7.91. The Morgan fingerprint density at radius 3 is 2.46 bits per heavy atom. The molecule has 140 valence electrons. The molecule has 1 aliphatic heterocycles. The number of aromatic nitrogens is 2. The fourth-order valence-electron chi connectivity index (χ4n) is 2.65. The Morgan fingerprint density at radius 1 is 1.23 bits per heavy atom. The Morgan fingerprint density at radius 2 is 1.92 bits per heavy atom. The van der Waals surface area contributed by atoms with E-state index in [-0.39, 0.29) is 41.9 Å². The minimum Gasteiger partial charge on any atom is -0.478 e. The van der Waals surface area contributed by atoms with E-state index < -0.39 is 16.0 Å². The summed E-state index contributed by atoms with van der Waals surface area (Å²) in [4.78, 5) is 25.0. The summed E-state index contributed by atoms with van der Waals surface area (Å²) in [5.74, 6) is -1.34. The van der Waals surface area contributed by atoms with Crippen LogP contribution in [0.3, 0.4) is 0 Å². The van der Waals surface area contributed by atoms with Crippen LogP contribution in [0.15, 0.2) is 28.0 Å². The number of amides is 1. The number of carboxylic acid groups (broad SMARTS) is 1. The van der Waals surface area contributed by atoms with Gasteiger partial charge in [0, 0.05) is 44.3 Å². The second kappa shape index (κ2) is 7.17. The van der Waals surface area contributed by atoms with Crippen molar-refractivity contribution < 1.29 is 23.1 Å². The van der Waals surface area contributed by atoms with E-state index >= 15 is 0 Å². The molecule has 2 aromatic rings. The molecule has 0 bridgehead atoms. The second-order valence-corrected chi connectivity index (χ2v) is 8.82. The van der Waals surface area contributed by atoms with E-state index in [2.05, 4.69) is 5.10 Å². The summed E-state index contributed by atoms with van der Waals surface area (Å²) in [5.41, 5.74) is 0.433. The van der Waals surface area contributed by atoms with Crippen LogP contribution in [-0.4, -0.2) is 70.6 Å². The maximum Gasteiger partial charge on any atom is 0.336 e. The quantitative estimate of drug-likeness (QED) is 0.797. The number of aryl methyl sites for hydroxylation is 1. The first kappa shape index (κ1) is 18.5. The summed E-state index contributed by atoms with van der Waals surface area (Å²) < 4.78 is 28.2. The molecular formula is C15H18N4O5S2. The van der Waals surface area contributed by atoms with Crippen LogP contribution < -0.4 is 0 Å². The molecule has 1 saturated heterocycles. The molecule has 3 heterocycles. The largest absolute Gasteiger partial charge is 0.478 e. The van der Waals surface area contributed by atoms with Crippen molar-refractivity contribution in [1.82, 2.24) is 19.0 Å². The zero-order chi connectivity index (χ0) is 18.9. The molecule has 0 atom stereocenters. The number of rotatable bonds is 5. The summed E-state index contributed by atoms with van der Waals surface area (Å²) in [5, 5.41) is 14.3. The summed E-state index contributed by atoms with van der Waals surface area (Å²) in [6.07, 6.45) is 3.18. The molecule has 1 amide bonds. The number of hydrogen-bond acceptors (Lipinski definition) is 6. The Kier molecular flexibility index (Phi) is 5.12. The van der Waals surface area contributed by atoms with Gasteiger partial charge < -0.3 is 10.0 Å². The van der Waals surface area contributed by atoms with Crippen LogP contribution in [0.4, 0.5) is 0 Å². The SMILES string of the molecule is CCn1cc(C(=O)N2CCN(S(=O)(=O)c3cc(C(=O)O)cs3)CC2)cn1. The zero-order valence-corrected chi connectivity index (χ0v) is 15.7. The Hall–Kier alpha value is -2.24. The number of carboxylic acids is 1. The first-order chi connectivity index (χ1) is 12.3. The maximum atomic E-state index is 12.6. The molecule has 1 N–H and O–H groups in total. The predicted octanol–water partition coefficient (Wildman–Crippen LogP) is 0.809. The fourth-order valence-corrected chi connectivity index (χ4v) is 5.38. The van der Waals surface area contributed by atoms with E-state index in [1.54, 1.807) is 15.8 Å². The lowest BCUT2D eigenvalue weighted by molar-refractivity contribution is 0.0688. The number of aromatic carboxylic acids is 1. The van der Waals surface area contributed by atoms with Crippen LogP contribution in [0.1, 0.15) is 27.6 Å². The average molecular weight is 398 g/mol. The lowest BCUT2D eigenvalue weighted by Gasteiger charge is -2.33. The van der Waals surface area contributed by atoms with E-state index in [1.165, 1.54) is 21.9 Å². The molecule has 1 fully saturated rings. The third-order valence-corrected chi connectivity index (χ3v) is 7.46. The standard InChI is InChI=1S/C15H18N4O5S2/c1-2-18-9-12(8-16-18)14(20)17-3-5-19(6-4-17)26(23,24)13-7-11(10-25-13)15(21)22/h7-10H,2-6H2,1H3,(H,21,22). The van der Waals surface area contributed by atoms with Gasteiger partial charge in [0.1, 0.15) is 4.21 Å². The summed E-state index contributed by atoms with van der Waals surface area (Å²) >= 11 is 0.886. The van der Waals surface area contributed by atoms with E-state index in [0.717, 1.165) is 11.3 Å². The molecule has 0 spiro atoms. The maximum absolute atomic E-state index is 12.6. The molecule has 0 aliphatic carbocycles. The molecule has 0 aromatic carbocycles. The van der Waals surface area contributed by atoms with Crippen molar-refractivity contribution in [2.75, 3.05) is 26.2 Å². The lowest BCUT2D eigenvalue weighted by Crippen LogP contribution is -2.50. The summed E-state index contributed by atoms with van der Waals surface area (Å²) in [6.45, 7) is 3.45. The number of sulfonamides is 1. The number of piperazine rings is 1. The monoisotopic (exact) mass is 398 g/mol. The van der Waals surface area contributed by atoms with E-state index in [1.807, 2.05) is 6.92 Å². The predicted molar refractivity (Wildman–Crippen MR) is 93.8 cm³/mol. The molecule has 2 aromatic heterocycles. The molecule has 1 aliphatic rings. The third-order valence-electron chi connectivity index (χ3n) is 4.15. The van der Waals surface area contributed by atoms with Gasteiger partial charge in [-0.3, -0.25) is 9.48 Å². The van der Waals surface area contributed by atoms with E-state index in [4.69, 9.17) is 5.11 Å². The number of carbonyl (C=O) groups excluding carboxylic acids is 1. The van der Waals surface area contributed by atoms with Crippen molar-refractivity contribution in [3.63, 3.8) is 0 Å². The topological polar surface area (TPSA) is 113 Å². The van der Waals surface area contributed by atoms with Gasteiger partial charge in [-0.2, -0.15) is 9.40 Å². The third kappa shape index (κ3) is 3.50. The van der Waals surface area contributed by atoms with Gasteiger partial charge in [0.25, 0.3) is 15.9 Å². The highest BCUT2D eigenvalue weighted by Gasteiger charge is 2.32. The van der Waals surface area contributed by atoms with Crippen molar-refractivity contribution in [3.05, 3.63) is 35.0 Å². The van der Waals surface area contributed by atoms with E-state index in [9.17, 15) is 18.0 Å². The molecular weight excluding hydrogens is 380 g/mol. The number of thiophene rings is 1. The van der Waals surface area contributed by atoms with Gasteiger partial charge >= 0.3 is 5.97 Å². The molecule has 0 unspecified atom stereocenters. The van der Waals surface area contributed by atoms with Gasteiger partial charge in [-0.1, -0.05) is 0 Å². The van der Waals surface area contributed by atoms with E-state index in [0.29, 0.717) is 12.1 Å². The van der Waals surface area contributed by atoms with Crippen LogP contribution in [0.2, 0.25) is 0 Å². The van der Waals surface area contributed by atoms with Gasteiger partial charge in [-0.25, -0.2) is 13.2 Å². The summed E-state index contributed by atoms with van der Waals surface area (Å²) in [6, 6.07) is 1.17. The smallest absolute Gasteiger partial charge is 0.336 e. The number of carbonyl (C=O) groups is 2. The molecule has 0 radical (unpaired) electrons. The van der Waals surface area contributed by atoms with Crippen LogP contribution in [0.5, 0.6) is 0 Å². The lowest BCUT2D eigenvalue weighted by atomic mass is 10.2. The van der Waals surface area contributed by atoms with Gasteiger partial charge in [0.05, 0.1) is 17.3 Å². The molecule has 3 rings (SSSR count). The highest BCUT2D eigenvalue weighted by atomic mass is 32.2. The van der Waals surface area contributed by atoms with Gasteiger partial charge in [-0.05, 0) is 13.0 Å². The minimum atomic E-state index is -3.75. The van der Waals surface area contributed by atoms with Crippen molar-refractivity contribution in [2.24, 2.45) is 0 Å². The van der Waals surface area contributed by atoms with Gasteiger partial charge in [0.15, 0.2) is 0 Å². The molecule has 0 saturated carbocycles. The van der Waals surface area contributed by atoms with Crippen molar-refractivity contribution in [3.8, 4) is 0 Å². The molecule has 11 heteroatoms. The zero-order valence-electron chi connectivity index (χ0n) is 14.0. The Bertz CT molecular complexity index is 925. The van der Waals surface area contributed by atoms with Crippen LogP contribution in [0.25, 0.3) is 0 Å². The normalized spacial score (nSPS) is 16.0. The van der Waals surface area contributed by atoms with Crippen molar-refractivity contribution >= 4 is 33.2 Å². The highest BCUT2D eigenvalue weighted by Crippen LogP contribution is 2.25. The average Bonchev–Trinajstić information content (AvgIpc) is 3.31. The Balaban J connectivity index is 1.67. The Labute approximate surface area is 154 Å². The van der Waals surface area contributed by atoms with Crippen molar-refractivity contribution in [2.45, 2.75) is 17.7 Å². The van der Waals surface area contributed by atoms with Crippen molar-refractivity contribution in [1.29, 1.82) is 0 Å². The first-order valence-corrected chi connectivity index (χ1v) is 10.3. The summed E-state index contributed by atoms with van der Waals surface area (Å²) in [7, 11) is -3.75. The van der Waals surface area contributed by atoms with Crippen LogP contribution in [-0.2, 0) is 16.6 Å². The minimum absolute atomic E-state index is 0.00102. The van der Waals surface area contributed by atoms with Crippen LogP contribution >= 0.6 is 11.3 Å². The van der Waals surface area contributed by atoms with Gasteiger partial charge in [-0.15, -0.1) is 11.3 Å². The second-order valence-electron chi connectivity index (χ2n) is 5.74. The number of nitrogens with zero attached hydrogens (tertiary/aromatic N) is 4.